The number of morpholine rings is 1. The average molecular weight is 619 g/mol. The third-order valence-electron chi connectivity index (χ3n) is 8.00. The van der Waals surface area contributed by atoms with E-state index in [9.17, 15) is 35.9 Å². The Balaban J connectivity index is 1.35. The number of benzene rings is 1. The standard InChI is InChI=1S/C29H24F6N6O3/c1-27(30)14-40(15-28(31,32)44-27)26(43)39-7-6-38-13-19(18-9-17(29(33,34)35)8-16(12-39)25(18)38)24-23(21(42)11-37-24)20-10-36-22-4-2-3-5-41(20)22/h2-5,8-10,13,37H,6-7,11-12,14-15H2,1H3. The Bertz CT molecular complexity index is 1880. The number of hydrogen-bond acceptors (Lipinski definition) is 5. The molecule has 3 aliphatic heterocycles. The first kappa shape index (κ1) is 28.3. The summed E-state index contributed by atoms with van der Waals surface area (Å²) in [5, 5.41) is 3.26. The second-order valence-corrected chi connectivity index (χ2v) is 11.3. The third kappa shape index (κ3) is 4.66. The molecule has 44 heavy (non-hydrogen) atoms. The van der Waals surface area contributed by atoms with Crippen molar-refractivity contribution in [2.45, 2.75) is 38.2 Å². The largest absolute Gasteiger partial charge is 0.416 e. The molecule has 1 saturated heterocycles. The zero-order valence-corrected chi connectivity index (χ0v) is 23.1. The van der Waals surface area contributed by atoms with Gasteiger partial charge in [-0.05, 0) is 36.8 Å². The van der Waals surface area contributed by atoms with E-state index < -0.39 is 42.8 Å². The Kier molecular flexibility index (Phi) is 6.09. The van der Waals surface area contributed by atoms with Crippen molar-refractivity contribution in [3.63, 3.8) is 0 Å². The topological polar surface area (TPSA) is 84.1 Å². The summed E-state index contributed by atoms with van der Waals surface area (Å²) in [6.07, 6.45) is -3.81. The quantitative estimate of drug-likeness (QED) is 0.324. The number of ketones is 1. The van der Waals surface area contributed by atoms with Gasteiger partial charge in [0.15, 0.2) is 5.78 Å². The predicted octanol–water partition coefficient (Wildman–Crippen LogP) is 4.89. The molecule has 9 nitrogen and oxygen atoms in total. The molecular formula is C29H24F6N6O3. The molecule has 1 atom stereocenters. The van der Waals surface area contributed by atoms with E-state index in [0.717, 1.165) is 24.0 Å². The van der Waals surface area contributed by atoms with Gasteiger partial charge in [-0.3, -0.25) is 13.9 Å². The van der Waals surface area contributed by atoms with Crippen LogP contribution in [0.2, 0.25) is 0 Å². The van der Waals surface area contributed by atoms with Gasteiger partial charge in [0.2, 0.25) is 5.85 Å². The Morgan fingerprint density at radius 1 is 1.09 bits per heavy atom. The van der Waals surface area contributed by atoms with Gasteiger partial charge in [-0.2, -0.15) is 22.0 Å². The highest BCUT2D eigenvalue weighted by Crippen LogP contribution is 2.41. The number of aromatic nitrogens is 3. The Morgan fingerprint density at radius 3 is 2.64 bits per heavy atom. The number of imidazole rings is 1. The van der Waals surface area contributed by atoms with Crippen molar-refractivity contribution >= 4 is 39.6 Å². The number of halogens is 6. The van der Waals surface area contributed by atoms with Gasteiger partial charge in [0.25, 0.3) is 0 Å². The van der Waals surface area contributed by atoms with Gasteiger partial charge in [0, 0.05) is 43.0 Å². The number of carbonyl (C=O) groups excluding carboxylic acids is 2. The summed E-state index contributed by atoms with van der Waals surface area (Å²) in [7, 11) is 0. The molecule has 4 aromatic rings. The van der Waals surface area contributed by atoms with Crippen molar-refractivity contribution in [2.24, 2.45) is 0 Å². The van der Waals surface area contributed by atoms with Gasteiger partial charge in [0.1, 0.15) is 12.2 Å². The average Bonchev–Trinajstić information content (AvgIpc) is 3.59. The number of fused-ring (bicyclic) bond motifs is 1. The lowest BCUT2D eigenvalue weighted by Gasteiger charge is -2.41. The molecule has 0 saturated carbocycles. The van der Waals surface area contributed by atoms with Gasteiger partial charge in [0.05, 0.1) is 47.3 Å². The number of alkyl halides is 6. The van der Waals surface area contributed by atoms with Crippen LogP contribution in [0.4, 0.5) is 31.1 Å². The van der Waals surface area contributed by atoms with Crippen LogP contribution in [0, 0.1) is 0 Å². The number of nitrogens with one attached hydrogen (secondary N) is 1. The van der Waals surface area contributed by atoms with E-state index in [2.05, 4.69) is 15.0 Å². The lowest BCUT2D eigenvalue weighted by atomic mass is 9.99. The van der Waals surface area contributed by atoms with Crippen LogP contribution in [0.5, 0.6) is 0 Å². The van der Waals surface area contributed by atoms with E-state index in [0.29, 0.717) is 33.0 Å². The summed E-state index contributed by atoms with van der Waals surface area (Å²) in [4.78, 5) is 32.6. The van der Waals surface area contributed by atoms with Crippen LogP contribution in [-0.2, 0) is 28.8 Å². The third-order valence-corrected chi connectivity index (χ3v) is 8.00. The van der Waals surface area contributed by atoms with Crippen LogP contribution in [0.3, 0.4) is 0 Å². The van der Waals surface area contributed by atoms with E-state index in [4.69, 9.17) is 0 Å². The number of rotatable bonds is 2. The van der Waals surface area contributed by atoms with Crippen molar-refractivity contribution in [2.75, 3.05) is 26.2 Å². The SMILES string of the molecule is CC1(F)CN(C(=O)N2CCn3cc(C4=C(c5cnc6ccccn56)C(=O)CN4)c4cc(C(F)(F)F)cc(c43)C2)CC(F)(F)O1. The van der Waals surface area contributed by atoms with Crippen molar-refractivity contribution in [1.82, 2.24) is 29.1 Å². The Labute approximate surface area is 245 Å². The fourth-order valence-corrected chi connectivity index (χ4v) is 6.30. The van der Waals surface area contributed by atoms with Gasteiger partial charge in [-0.25, -0.2) is 14.2 Å². The Morgan fingerprint density at radius 2 is 1.89 bits per heavy atom. The number of carbonyl (C=O) groups is 2. The molecule has 3 aromatic heterocycles. The van der Waals surface area contributed by atoms with E-state index in [-0.39, 0.29) is 48.5 Å². The molecule has 0 radical (unpaired) electrons. The van der Waals surface area contributed by atoms with Crippen LogP contribution in [-0.4, -0.2) is 73.7 Å². The molecule has 2 amide bonds. The lowest BCUT2D eigenvalue weighted by Crippen LogP contribution is -2.59. The highest BCUT2D eigenvalue weighted by atomic mass is 19.4. The summed E-state index contributed by atoms with van der Waals surface area (Å²) < 4.78 is 92.8. The maximum absolute atomic E-state index is 14.5. The summed E-state index contributed by atoms with van der Waals surface area (Å²) in [5.41, 5.74) is 1.59. The summed E-state index contributed by atoms with van der Waals surface area (Å²) in [5.74, 6) is -3.07. The summed E-state index contributed by atoms with van der Waals surface area (Å²) in [6, 6.07) is 6.29. The second kappa shape index (κ2) is 9.48. The van der Waals surface area contributed by atoms with Gasteiger partial charge >= 0.3 is 18.3 Å². The number of ether oxygens (including phenoxy) is 1. The fourth-order valence-electron chi connectivity index (χ4n) is 6.30. The van der Waals surface area contributed by atoms with Gasteiger partial charge in [-0.15, -0.1) is 0 Å². The minimum atomic E-state index is -4.76. The molecule has 230 valence electrons. The number of urea groups is 1. The van der Waals surface area contributed by atoms with Crippen LogP contribution < -0.4 is 5.32 Å². The van der Waals surface area contributed by atoms with Crippen LogP contribution >= 0.6 is 0 Å². The Hall–Kier alpha value is -4.53. The van der Waals surface area contributed by atoms with Crippen LogP contribution in [0.25, 0.3) is 27.8 Å². The molecule has 0 bridgehead atoms. The number of pyridine rings is 1. The lowest BCUT2D eigenvalue weighted by molar-refractivity contribution is -0.354. The number of hydrogen-bond donors (Lipinski definition) is 1. The highest BCUT2D eigenvalue weighted by molar-refractivity contribution is 6.32. The number of amides is 2. The predicted molar refractivity (Wildman–Crippen MR) is 145 cm³/mol. The molecule has 3 aliphatic rings. The van der Waals surface area contributed by atoms with E-state index >= 15 is 0 Å². The highest BCUT2D eigenvalue weighted by Gasteiger charge is 2.50. The molecule has 1 fully saturated rings. The summed E-state index contributed by atoms with van der Waals surface area (Å²) in [6.45, 7) is -1.56. The van der Waals surface area contributed by atoms with E-state index in [1.165, 1.54) is 6.20 Å². The first-order valence-electron chi connectivity index (χ1n) is 13.7. The molecule has 1 N–H and O–H groups in total. The molecule has 1 unspecified atom stereocenters. The van der Waals surface area contributed by atoms with Gasteiger partial charge in [-0.1, -0.05) is 6.07 Å². The molecule has 6 heterocycles. The molecule has 0 spiro atoms. The second-order valence-electron chi connectivity index (χ2n) is 11.3. The molecule has 1 aromatic carbocycles. The number of Topliss-reactive ketones (excluding diaryl/α,β-unsaturated/α-hetero) is 1. The zero-order chi connectivity index (χ0) is 31.2. The normalized spacial score (nSPS) is 22.2. The monoisotopic (exact) mass is 618 g/mol. The smallest absolute Gasteiger partial charge is 0.376 e. The maximum atomic E-state index is 14.5. The zero-order valence-electron chi connectivity index (χ0n) is 23.1. The van der Waals surface area contributed by atoms with Crippen molar-refractivity contribution in [3.05, 3.63) is 71.3 Å². The first-order valence-corrected chi connectivity index (χ1v) is 13.7. The fraction of sp³-hybridized carbons (Fsp3) is 0.345. The van der Waals surface area contributed by atoms with Gasteiger partial charge < -0.3 is 19.7 Å². The number of nitrogens with zero attached hydrogens (tertiary/aromatic N) is 5. The van der Waals surface area contributed by atoms with Crippen molar-refractivity contribution in [1.29, 1.82) is 0 Å². The molecule has 0 aliphatic carbocycles. The molecular weight excluding hydrogens is 594 g/mol. The van der Waals surface area contributed by atoms with Crippen molar-refractivity contribution < 1.29 is 40.7 Å². The van der Waals surface area contributed by atoms with E-state index in [1.54, 1.807) is 39.6 Å². The van der Waals surface area contributed by atoms with E-state index in [1.807, 2.05) is 0 Å². The molecule has 15 heteroatoms. The van der Waals surface area contributed by atoms with Crippen LogP contribution in [0.1, 0.15) is 29.3 Å². The molecule has 7 rings (SSSR count). The van der Waals surface area contributed by atoms with Crippen molar-refractivity contribution in [3.8, 4) is 0 Å². The minimum Gasteiger partial charge on any atom is -0.376 e. The van der Waals surface area contributed by atoms with Crippen LogP contribution in [0.15, 0.2) is 48.9 Å². The first-order chi connectivity index (χ1) is 20.7. The minimum absolute atomic E-state index is 0.0600. The maximum Gasteiger partial charge on any atom is 0.416 e. The summed E-state index contributed by atoms with van der Waals surface area (Å²) >= 11 is 0.